The summed E-state index contributed by atoms with van der Waals surface area (Å²) in [6, 6.07) is 0. The Morgan fingerprint density at radius 1 is 1.31 bits per heavy atom. The van der Waals surface area contributed by atoms with Crippen LogP contribution in [0.4, 0.5) is 0 Å². The molecule has 0 aromatic carbocycles. The number of carbonyl (C=O) groups is 1. The molecular weight excluding hydrogens is 352 g/mol. The van der Waals surface area contributed by atoms with Gasteiger partial charge in [0.05, 0.1) is 18.2 Å². The minimum absolute atomic E-state index is 0.0228. The van der Waals surface area contributed by atoms with Crippen molar-refractivity contribution < 1.29 is 14.2 Å². The first-order valence-corrected chi connectivity index (χ1v) is 9.72. The molecule has 8 heteroatoms. The zero-order valence-corrected chi connectivity index (χ0v) is 16.6. The van der Waals surface area contributed by atoms with Crippen molar-refractivity contribution in [1.29, 1.82) is 0 Å². The van der Waals surface area contributed by atoms with Crippen molar-refractivity contribution in [2.75, 3.05) is 13.7 Å². The number of hydrogen-bond acceptors (Lipinski definition) is 6. The summed E-state index contributed by atoms with van der Waals surface area (Å²) in [5, 5.41) is 8.09. The van der Waals surface area contributed by atoms with Crippen molar-refractivity contribution >= 4 is 17.2 Å². The van der Waals surface area contributed by atoms with Crippen LogP contribution in [0.25, 0.3) is 11.4 Å². The highest BCUT2D eigenvalue weighted by molar-refractivity contribution is 7.09. The van der Waals surface area contributed by atoms with Crippen LogP contribution in [0, 0.1) is 16.7 Å². The Morgan fingerprint density at radius 3 is 2.69 bits per heavy atom. The first-order valence-electron chi connectivity index (χ1n) is 8.91. The van der Waals surface area contributed by atoms with Crippen LogP contribution in [-0.4, -0.2) is 34.5 Å². The van der Waals surface area contributed by atoms with Crippen molar-refractivity contribution in [3.63, 3.8) is 0 Å². The topological polar surface area (TPSA) is 82.5 Å². The number of aryl methyl sites for hydroxylation is 2. The molecule has 4 rings (SSSR count). The van der Waals surface area contributed by atoms with Gasteiger partial charge >= 0.3 is 0 Å². The quantitative estimate of drug-likeness (QED) is 0.818. The van der Waals surface area contributed by atoms with Crippen LogP contribution in [0.2, 0.25) is 0 Å². The van der Waals surface area contributed by atoms with E-state index in [1.165, 1.54) is 4.88 Å². The van der Waals surface area contributed by atoms with Crippen molar-refractivity contribution in [3.05, 3.63) is 15.4 Å². The van der Waals surface area contributed by atoms with Crippen LogP contribution in [-0.2, 0) is 28.9 Å². The summed E-state index contributed by atoms with van der Waals surface area (Å²) < 4.78 is 12.2. The lowest BCUT2D eigenvalue weighted by Gasteiger charge is -2.12. The molecule has 0 radical (unpaired) electrons. The number of rotatable bonds is 4. The van der Waals surface area contributed by atoms with E-state index in [1.54, 1.807) is 18.4 Å². The largest absolute Gasteiger partial charge is 0.383 e. The van der Waals surface area contributed by atoms with Gasteiger partial charge in [0.15, 0.2) is 10.5 Å². The van der Waals surface area contributed by atoms with Crippen LogP contribution in [0.15, 0.2) is 9.62 Å². The molecule has 1 amide bonds. The molecule has 2 aromatic heterocycles. The van der Waals surface area contributed by atoms with Gasteiger partial charge in [0.25, 0.3) is 5.91 Å². The second-order valence-electron chi connectivity index (χ2n) is 8.19. The highest BCUT2D eigenvalue weighted by atomic mass is 32.1. The normalized spacial score (nSPS) is 20.7. The molecule has 1 fully saturated rings. The predicted octanol–water partition coefficient (Wildman–Crippen LogP) is 2.45. The summed E-state index contributed by atoms with van der Waals surface area (Å²) in [4.78, 5) is 19.3. The van der Waals surface area contributed by atoms with Crippen molar-refractivity contribution in [2.24, 2.45) is 21.7 Å². The van der Waals surface area contributed by atoms with E-state index in [9.17, 15) is 4.79 Å². The Balaban J connectivity index is 1.79. The van der Waals surface area contributed by atoms with Gasteiger partial charge in [-0.15, -0.1) is 11.3 Å². The van der Waals surface area contributed by atoms with E-state index in [2.05, 4.69) is 43.0 Å². The van der Waals surface area contributed by atoms with Crippen LogP contribution in [0.3, 0.4) is 0 Å². The number of ether oxygens (including phenoxy) is 1. The molecular formula is C18H24N4O3S. The highest BCUT2D eigenvalue weighted by Crippen LogP contribution is 2.68. The number of thiazole rings is 1. The number of methoxy groups -OCH3 is 1. The van der Waals surface area contributed by atoms with Crippen LogP contribution in [0.1, 0.15) is 38.3 Å². The fourth-order valence-corrected chi connectivity index (χ4v) is 5.27. The van der Waals surface area contributed by atoms with Crippen molar-refractivity contribution in [3.8, 4) is 11.4 Å². The van der Waals surface area contributed by atoms with Gasteiger partial charge in [0.2, 0.25) is 0 Å². The molecule has 0 spiro atoms. The average Bonchev–Trinajstić information content (AvgIpc) is 2.99. The molecule has 7 nitrogen and oxygen atoms in total. The molecule has 0 aliphatic heterocycles. The minimum atomic E-state index is -0.0470. The fourth-order valence-electron chi connectivity index (χ4n) is 4.12. The Bertz CT molecular complexity index is 921. The van der Waals surface area contributed by atoms with Gasteiger partial charge in [-0.3, -0.25) is 4.79 Å². The van der Waals surface area contributed by atoms with Gasteiger partial charge < -0.3 is 9.30 Å². The summed E-state index contributed by atoms with van der Waals surface area (Å²) in [5.41, 5.74) is 2.55. The first kappa shape index (κ1) is 17.6. The number of nitrogens with zero attached hydrogens (tertiary/aromatic N) is 4. The maximum absolute atomic E-state index is 12.9. The molecule has 1 saturated carbocycles. The summed E-state index contributed by atoms with van der Waals surface area (Å²) in [6.07, 6.45) is 1.66. The van der Waals surface area contributed by atoms with Crippen molar-refractivity contribution in [2.45, 2.75) is 47.1 Å². The van der Waals surface area contributed by atoms with Gasteiger partial charge in [-0.2, -0.15) is 4.99 Å². The monoisotopic (exact) mass is 376 g/mol. The van der Waals surface area contributed by atoms with Gasteiger partial charge in [-0.25, -0.2) is 4.63 Å². The van der Waals surface area contributed by atoms with Crippen LogP contribution >= 0.6 is 11.3 Å². The maximum atomic E-state index is 12.9. The van der Waals surface area contributed by atoms with E-state index in [4.69, 9.17) is 9.37 Å². The molecule has 0 unspecified atom stereocenters. The molecule has 0 N–H and O–H groups in total. The molecule has 0 saturated heterocycles. The summed E-state index contributed by atoms with van der Waals surface area (Å²) >= 11 is 1.56. The zero-order chi connectivity index (χ0) is 18.7. The molecule has 0 atom stereocenters. The van der Waals surface area contributed by atoms with E-state index >= 15 is 0 Å². The Hall–Kier alpha value is -1.80. The number of hydrogen-bond donors (Lipinski definition) is 0. The summed E-state index contributed by atoms with van der Waals surface area (Å²) in [5.74, 6) is -0.0856. The Kier molecular flexibility index (Phi) is 3.96. The van der Waals surface area contributed by atoms with E-state index in [-0.39, 0.29) is 22.7 Å². The molecule has 2 aliphatic rings. The zero-order valence-electron chi connectivity index (χ0n) is 15.8. The summed E-state index contributed by atoms with van der Waals surface area (Å²) in [6.45, 7) is 9.69. The average molecular weight is 376 g/mol. The van der Waals surface area contributed by atoms with Gasteiger partial charge in [0, 0.05) is 25.0 Å². The summed E-state index contributed by atoms with van der Waals surface area (Å²) in [7, 11) is 1.67. The molecule has 140 valence electrons. The standard InChI is InChI=1S/C18H24N4O3S/c1-17(2)14(18(17,3)4)15(23)19-16-22(8-9-24-5)13-11(26-16)7-6-10-12(13)21-25-20-10/h14H,6-9H2,1-5H3/b19-16-. The SMILES string of the molecule is COCCn1c2c(s/c1=N\C(=O)C1C(C)(C)C1(C)C)CCc1nonc1-2. The van der Waals surface area contributed by atoms with E-state index in [0.717, 1.165) is 29.9 Å². The van der Waals surface area contributed by atoms with Crippen molar-refractivity contribution in [1.82, 2.24) is 14.9 Å². The van der Waals surface area contributed by atoms with Gasteiger partial charge in [-0.05, 0) is 22.4 Å². The molecule has 0 bridgehead atoms. The van der Waals surface area contributed by atoms with Crippen LogP contribution in [0.5, 0.6) is 0 Å². The lowest BCUT2D eigenvalue weighted by Crippen LogP contribution is -2.22. The third-order valence-electron chi connectivity index (χ3n) is 6.34. The third kappa shape index (κ3) is 2.42. The second kappa shape index (κ2) is 5.85. The minimum Gasteiger partial charge on any atom is -0.383 e. The highest BCUT2D eigenvalue weighted by Gasteiger charge is 2.68. The van der Waals surface area contributed by atoms with Gasteiger partial charge in [0.1, 0.15) is 5.69 Å². The lowest BCUT2D eigenvalue weighted by molar-refractivity contribution is -0.120. The fraction of sp³-hybridized carbons (Fsp3) is 0.667. The number of aromatic nitrogens is 3. The molecule has 2 aliphatic carbocycles. The second-order valence-corrected chi connectivity index (χ2v) is 9.25. The lowest BCUT2D eigenvalue weighted by atomic mass is 10.0. The smallest absolute Gasteiger partial charge is 0.252 e. The number of amides is 1. The third-order valence-corrected chi connectivity index (χ3v) is 7.48. The van der Waals surface area contributed by atoms with E-state index < -0.39 is 0 Å². The molecule has 2 heterocycles. The van der Waals surface area contributed by atoms with Crippen LogP contribution < -0.4 is 4.80 Å². The van der Waals surface area contributed by atoms with E-state index in [0.29, 0.717) is 18.0 Å². The Labute approximate surface area is 156 Å². The predicted molar refractivity (Wildman–Crippen MR) is 96.5 cm³/mol. The Morgan fingerprint density at radius 2 is 2.04 bits per heavy atom. The molecule has 2 aromatic rings. The number of fused-ring (bicyclic) bond motifs is 3. The molecule has 26 heavy (non-hydrogen) atoms. The van der Waals surface area contributed by atoms with E-state index in [1.807, 2.05) is 4.57 Å². The number of carbonyl (C=O) groups excluding carboxylic acids is 1. The first-order chi connectivity index (χ1) is 12.3. The maximum Gasteiger partial charge on any atom is 0.252 e. The van der Waals surface area contributed by atoms with Gasteiger partial charge in [-0.1, -0.05) is 32.9 Å².